The Bertz CT molecular complexity index is 936. The predicted molar refractivity (Wildman–Crippen MR) is 103 cm³/mol. The normalized spacial score (nSPS) is 16.1. The summed E-state index contributed by atoms with van der Waals surface area (Å²) in [6.45, 7) is 0.913. The van der Waals surface area contributed by atoms with Gasteiger partial charge >= 0.3 is 5.69 Å². The molecule has 1 heterocycles. The number of nitrogens with zero attached hydrogens (tertiary/aromatic N) is 1. The average molecular weight is 414 g/mol. The van der Waals surface area contributed by atoms with Gasteiger partial charge in [-0.1, -0.05) is 24.3 Å². The Labute approximate surface area is 163 Å². The first kappa shape index (κ1) is 21.1. The third-order valence-electron chi connectivity index (χ3n) is 4.35. The van der Waals surface area contributed by atoms with Crippen molar-refractivity contribution in [1.29, 1.82) is 0 Å². The fourth-order valence-electron chi connectivity index (χ4n) is 3.03. The number of hydrogen-bond donors (Lipinski definition) is 2. The molecule has 0 radical (unpaired) electrons. The highest BCUT2D eigenvalue weighted by Crippen LogP contribution is 2.29. The van der Waals surface area contributed by atoms with Crippen LogP contribution in [0.15, 0.2) is 47.4 Å². The highest BCUT2D eigenvalue weighted by atomic mass is 35.5. The second-order valence-electron chi connectivity index (χ2n) is 5.90. The maximum Gasteiger partial charge on any atom is 0.312 e. The third-order valence-corrected chi connectivity index (χ3v) is 5.77. The van der Waals surface area contributed by atoms with Crippen LogP contribution >= 0.6 is 12.4 Å². The predicted octanol–water partition coefficient (Wildman–Crippen LogP) is 2.19. The Hall–Kier alpha value is -2.20. The van der Waals surface area contributed by atoms with Crippen molar-refractivity contribution in [2.24, 2.45) is 0 Å². The number of rotatable bonds is 6. The first-order chi connectivity index (χ1) is 12.4. The number of methoxy groups -OCH3 is 1. The lowest BCUT2D eigenvalue weighted by atomic mass is 9.95. The van der Waals surface area contributed by atoms with Gasteiger partial charge in [0.15, 0.2) is 5.75 Å². The van der Waals surface area contributed by atoms with Crippen molar-refractivity contribution in [3.05, 3.63) is 63.7 Å². The molecule has 0 aliphatic carbocycles. The van der Waals surface area contributed by atoms with E-state index in [-0.39, 0.29) is 35.6 Å². The maximum atomic E-state index is 12.6. The fraction of sp³-hybridized carbons (Fsp3) is 0.294. The van der Waals surface area contributed by atoms with Crippen LogP contribution in [0.4, 0.5) is 5.69 Å². The number of benzene rings is 2. The highest BCUT2D eigenvalue weighted by molar-refractivity contribution is 7.89. The number of hydrogen-bond acceptors (Lipinski definition) is 6. The Morgan fingerprint density at radius 2 is 2.04 bits per heavy atom. The molecular formula is C17H20ClN3O5S. The summed E-state index contributed by atoms with van der Waals surface area (Å²) in [4.78, 5) is 10.3. The van der Waals surface area contributed by atoms with Crippen LogP contribution in [-0.2, 0) is 16.4 Å². The minimum atomic E-state index is -3.89. The van der Waals surface area contributed by atoms with E-state index in [1.165, 1.54) is 24.8 Å². The lowest BCUT2D eigenvalue weighted by Crippen LogP contribution is -2.38. The molecule has 0 saturated carbocycles. The Morgan fingerprint density at radius 3 is 2.74 bits per heavy atom. The average Bonchev–Trinajstić information content (AvgIpc) is 2.65. The molecule has 3 rings (SSSR count). The van der Waals surface area contributed by atoms with Crippen molar-refractivity contribution in [2.45, 2.75) is 17.4 Å². The molecule has 2 aromatic carbocycles. The number of nitrogens with one attached hydrogen (secondary N) is 2. The van der Waals surface area contributed by atoms with Crippen molar-refractivity contribution in [1.82, 2.24) is 10.0 Å². The van der Waals surface area contributed by atoms with Crippen molar-refractivity contribution in [3.8, 4) is 5.75 Å². The van der Waals surface area contributed by atoms with Gasteiger partial charge in [-0.25, -0.2) is 13.1 Å². The van der Waals surface area contributed by atoms with Gasteiger partial charge in [0, 0.05) is 18.7 Å². The van der Waals surface area contributed by atoms with E-state index in [0.29, 0.717) is 0 Å². The van der Waals surface area contributed by atoms with E-state index in [0.717, 1.165) is 24.6 Å². The van der Waals surface area contributed by atoms with Gasteiger partial charge in [0.2, 0.25) is 10.0 Å². The largest absolute Gasteiger partial charge is 0.490 e. The van der Waals surface area contributed by atoms with Crippen molar-refractivity contribution in [3.63, 3.8) is 0 Å². The van der Waals surface area contributed by atoms with E-state index in [1.54, 1.807) is 0 Å². The van der Waals surface area contributed by atoms with Crippen LogP contribution in [-0.4, -0.2) is 33.5 Å². The fourth-order valence-corrected chi connectivity index (χ4v) is 4.10. The third kappa shape index (κ3) is 4.56. The molecule has 0 spiro atoms. The van der Waals surface area contributed by atoms with Crippen molar-refractivity contribution in [2.75, 3.05) is 20.2 Å². The minimum Gasteiger partial charge on any atom is -0.490 e. The molecule has 1 aliphatic rings. The molecule has 2 N–H and O–H groups in total. The van der Waals surface area contributed by atoms with Crippen LogP contribution in [0.2, 0.25) is 0 Å². The number of sulfonamides is 1. The SMILES string of the molecule is COc1ccc(S(=O)(=O)NCC2NCCc3ccccc32)cc1[N+](=O)[O-].Cl. The van der Waals surface area contributed by atoms with E-state index in [9.17, 15) is 18.5 Å². The smallest absolute Gasteiger partial charge is 0.312 e. The van der Waals surface area contributed by atoms with Gasteiger partial charge in [-0.2, -0.15) is 0 Å². The van der Waals surface area contributed by atoms with Crippen LogP contribution in [0.5, 0.6) is 5.75 Å². The van der Waals surface area contributed by atoms with Gasteiger partial charge in [0.25, 0.3) is 0 Å². The van der Waals surface area contributed by atoms with E-state index in [4.69, 9.17) is 4.74 Å². The summed E-state index contributed by atoms with van der Waals surface area (Å²) in [5, 5.41) is 14.4. The van der Waals surface area contributed by atoms with E-state index in [1.807, 2.05) is 24.3 Å². The van der Waals surface area contributed by atoms with Crippen LogP contribution in [0.1, 0.15) is 17.2 Å². The van der Waals surface area contributed by atoms with Gasteiger partial charge in [0.1, 0.15) is 0 Å². The van der Waals surface area contributed by atoms with Crippen LogP contribution in [0.25, 0.3) is 0 Å². The number of nitro groups is 1. The molecule has 0 aromatic heterocycles. The Morgan fingerprint density at radius 1 is 1.30 bits per heavy atom. The summed E-state index contributed by atoms with van der Waals surface area (Å²) < 4.78 is 32.6. The quantitative estimate of drug-likeness (QED) is 0.554. The zero-order chi connectivity index (χ0) is 18.7. The van der Waals surface area contributed by atoms with Crippen LogP contribution < -0.4 is 14.8 Å². The summed E-state index contributed by atoms with van der Waals surface area (Å²) >= 11 is 0. The molecule has 27 heavy (non-hydrogen) atoms. The van der Waals surface area contributed by atoms with Gasteiger partial charge in [-0.15, -0.1) is 12.4 Å². The molecule has 1 aliphatic heterocycles. The first-order valence-electron chi connectivity index (χ1n) is 8.05. The molecular weight excluding hydrogens is 394 g/mol. The van der Waals surface area contributed by atoms with E-state index in [2.05, 4.69) is 10.0 Å². The lowest BCUT2D eigenvalue weighted by Gasteiger charge is -2.27. The summed E-state index contributed by atoms with van der Waals surface area (Å²) in [5.41, 5.74) is 1.86. The zero-order valence-corrected chi connectivity index (χ0v) is 16.2. The van der Waals surface area contributed by atoms with Gasteiger partial charge < -0.3 is 10.1 Å². The lowest BCUT2D eigenvalue weighted by molar-refractivity contribution is -0.386. The van der Waals surface area contributed by atoms with E-state index >= 15 is 0 Å². The number of fused-ring (bicyclic) bond motifs is 1. The molecule has 1 unspecified atom stereocenters. The Kier molecular flexibility index (Phi) is 6.77. The van der Waals surface area contributed by atoms with Gasteiger partial charge in [-0.3, -0.25) is 10.1 Å². The molecule has 10 heteroatoms. The van der Waals surface area contributed by atoms with Gasteiger partial charge in [0.05, 0.1) is 16.9 Å². The van der Waals surface area contributed by atoms with Crippen LogP contribution in [0.3, 0.4) is 0 Å². The molecule has 146 valence electrons. The molecule has 0 fully saturated rings. The molecule has 0 amide bonds. The molecule has 0 bridgehead atoms. The minimum absolute atomic E-state index is 0. The highest BCUT2D eigenvalue weighted by Gasteiger charge is 2.25. The van der Waals surface area contributed by atoms with Crippen molar-refractivity contribution >= 4 is 28.1 Å². The number of halogens is 1. The Balaban J connectivity index is 0.00000261. The summed E-state index contributed by atoms with van der Waals surface area (Å²) in [5.74, 6) is 0.0109. The topological polar surface area (TPSA) is 111 Å². The monoisotopic (exact) mass is 413 g/mol. The first-order valence-corrected chi connectivity index (χ1v) is 9.54. The number of ether oxygens (including phenoxy) is 1. The van der Waals surface area contributed by atoms with Gasteiger partial charge in [-0.05, 0) is 36.2 Å². The second kappa shape index (κ2) is 8.66. The van der Waals surface area contributed by atoms with Crippen LogP contribution in [0, 0.1) is 10.1 Å². The van der Waals surface area contributed by atoms with Crippen molar-refractivity contribution < 1.29 is 18.1 Å². The van der Waals surface area contributed by atoms with E-state index < -0.39 is 20.6 Å². The molecule has 1 atom stereocenters. The summed E-state index contributed by atoms with van der Waals surface area (Å²) in [7, 11) is -2.60. The molecule has 8 nitrogen and oxygen atoms in total. The number of nitro benzene ring substituents is 1. The standard InChI is InChI=1S/C17H19N3O5S.ClH/c1-25-17-7-6-13(10-16(17)20(21)22)26(23,24)19-11-15-14-5-3-2-4-12(14)8-9-18-15;/h2-7,10,15,18-19H,8-9,11H2,1H3;1H. The molecule has 2 aromatic rings. The molecule has 0 saturated heterocycles. The summed E-state index contributed by atoms with van der Waals surface area (Å²) in [6, 6.07) is 11.3. The zero-order valence-electron chi connectivity index (χ0n) is 14.5. The summed E-state index contributed by atoms with van der Waals surface area (Å²) in [6.07, 6.45) is 0.893. The maximum absolute atomic E-state index is 12.6. The second-order valence-corrected chi connectivity index (χ2v) is 7.67.